The summed E-state index contributed by atoms with van der Waals surface area (Å²) in [6.45, 7) is 4.24. The van der Waals surface area contributed by atoms with E-state index in [9.17, 15) is 9.59 Å². The van der Waals surface area contributed by atoms with Gasteiger partial charge in [0, 0.05) is 29.2 Å². The molecule has 8 heteroatoms. The molecule has 4 nitrogen and oxygen atoms in total. The van der Waals surface area contributed by atoms with Crippen molar-refractivity contribution in [3.8, 4) is 0 Å². The second-order valence-corrected chi connectivity index (χ2v) is 11.6. The fraction of sp³-hybridized carbons (Fsp3) is 0.310. The van der Waals surface area contributed by atoms with Gasteiger partial charge in [-0.15, -0.1) is 11.8 Å². The third kappa shape index (κ3) is 9.36. The van der Waals surface area contributed by atoms with Crippen LogP contribution in [0.4, 0.5) is 0 Å². The molecular formula is C29H31BrCl2N2O2S. The number of hydrogen-bond acceptors (Lipinski definition) is 3. The smallest absolute Gasteiger partial charge is 0.243 e. The highest BCUT2D eigenvalue weighted by Gasteiger charge is 2.31. The first-order valence-electron chi connectivity index (χ1n) is 12.2. The van der Waals surface area contributed by atoms with Crippen LogP contribution in [0.3, 0.4) is 0 Å². The maximum Gasteiger partial charge on any atom is 0.243 e. The maximum atomic E-state index is 13.7. The van der Waals surface area contributed by atoms with Gasteiger partial charge >= 0.3 is 0 Å². The van der Waals surface area contributed by atoms with Gasteiger partial charge in [-0.1, -0.05) is 94.6 Å². The summed E-state index contributed by atoms with van der Waals surface area (Å²) in [7, 11) is 0. The summed E-state index contributed by atoms with van der Waals surface area (Å²) in [5.74, 6) is 0.680. The van der Waals surface area contributed by atoms with Gasteiger partial charge in [-0.05, 0) is 54.3 Å². The van der Waals surface area contributed by atoms with Crippen molar-refractivity contribution in [1.29, 1.82) is 0 Å². The fourth-order valence-corrected chi connectivity index (χ4v) is 5.21. The summed E-state index contributed by atoms with van der Waals surface area (Å²) in [6.07, 6.45) is 1.21. The van der Waals surface area contributed by atoms with E-state index in [2.05, 4.69) is 21.2 Å². The zero-order chi connectivity index (χ0) is 26.8. The van der Waals surface area contributed by atoms with E-state index in [1.807, 2.05) is 74.5 Å². The lowest BCUT2D eigenvalue weighted by Gasteiger charge is -2.32. The molecule has 2 atom stereocenters. The molecular weight excluding hydrogens is 591 g/mol. The van der Waals surface area contributed by atoms with E-state index in [4.69, 9.17) is 23.2 Å². The van der Waals surface area contributed by atoms with E-state index < -0.39 is 6.04 Å². The number of carbonyl (C=O) groups excluding carboxylic acids is 2. The number of nitrogens with one attached hydrogen (secondary N) is 1. The number of rotatable bonds is 12. The third-order valence-electron chi connectivity index (χ3n) is 6.02. The van der Waals surface area contributed by atoms with Crippen LogP contribution in [0.5, 0.6) is 0 Å². The molecule has 1 N–H and O–H groups in total. The van der Waals surface area contributed by atoms with Crippen LogP contribution >= 0.6 is 50.9 Å². The van der Waals surface area contributed by atoms with Crippen LogP contribution in [0.25, 0.3) is 0 Å². The Morgan fingerprint density at radius 2 is 1.62 bits per heavy atom. The highest BCUT2D eigenvalue weighted by atomic mass is 79.9. The van der Waals surface area contributed by atoms with Crippen molar-refractivity contribution in [2.75, 3.05) is 5.75 Å². The van der Waals surface area contributed by atoms with E-state index >= 15 is 0 Å². The quantitative estimate of drug-likeness (QED) is 0.227. The van der Waals surface area contributed by atoms with Crippen LogP contribution < -0.4 is 5.32 Å². The van der Waals surface area contributed by atoms with Crippen molar-refractivity contribution >= 4 is 62.7 Å². The van der Waals surface area contributed by atoms with Gasteiger partial charge < -0.3 is 10.2 Å². The zero-order valence-electron chi connectivity index (χ0n) is 20.9. The largest absolute Gasteiger partial charge is 0.352 e. The minimum Gasteiger partial charge on any atom is -0.352 e. The number of carbonyl (C=O) groups is 2. The molecule has 0 aromatic heterocycles. The predicted octanol–water partition coefficient (Wildman–Crippen LogP) is 7.54. The van der Waals surface area contributed by atoms with Crippen LogP contribution in [0.15, 0.2) is 77.3 Å². The van der Waals surface area contributed by atoms with E-state index in [0.29, 0.717) is 22.2 Å². The molecule has 0 bridgehead atoms. The van der Waals surface area contributed by atoms with Gasteiger partial charge in [0.2, 0.25) is 11.8 Å². The fourth-order valence-electron chi connectivity index (χ4n) is 3.75. The van der Waals surface area contributed by atoms with Gasteiger partial charge in [-0.3, -0.25) is 9.59 Å². The Bertz CT molecular complexity index is 1180. The van der Waals surface area contributed by atoms with Crippen molar-refractivity contribution in [2.45, 2.75) is 51.1 Å². The molecule has 0 saturated carbocycles. The summed E-state index contributed by atoms with van der Waals surface area (Å²) < 4.78 is 1.02. The van der Waals surface area contributed by atoms with Gasteiger partial charge in [0.15, 0.2) is 0 Å². The Kier molecular flexibility index (Phi) is 11.8. The number of hydrogen-bond donors (Lipinski definition) is 1. The first-order valence-corrected chi connectivity index (χ1v) is 14.9. The number of halogens is 3. The lowest BCUT2D eigenvalue weighted by atomic mass is 10.0. The van der Waals surface area contributed by atoms with Crippen molar-refractivity contribution in [2.24, 2.45) is 0 Å². The second-order valence-electron chi connectivity index (χ2n) is 8.91. The first-order chi connectivity index (χ1) is 17.8. The van der Waals surface area contributed by atoms with Gasteiger partial charge in [0.25, 0.3) is 0 Å². The second kappa shape index (κ2) is 14.8. The van der Waals surface area contributed by atoms with Gasteiger partial charge in [-0.2, -0.15) is 0 Å². The normalized spacial score (nSPS) is 12.6. The van der Waals surface area contributed by atoms with Crippen molar-refractivity contribution < 1.29 is 9.59 Å². The molecule has 3 aromatic carbocycles. The molecule has 0 heterocycles. The minimum atomic E-state index is -0.674. The molecule has 196 valence electrons. The van der Waals surface area contributed by atoms with Crippen LogP contribution in [-0.2, 0) is 28.3 Å². The maximum absolute atomic E-state index is 13.7. The number of nitrogens with zero attached hydrogens (tertiary/aromatic N) is 1. The molecule has 37 heavy (non-hydrogen) atoms. The van der Waals surface area contributed by atoms with Crippen LogP contribution in [-0.4, -0.2) is 34.6 Å². The average molecular weight is 622 g/mol. The molecule has 0 spiro atoms. The standard InChI is InChI=1S/C29H31BrCl2N2O2S/c1-3-20(2)33-29(36)27(16-21-7-5-4-6-8-21)34(17-23-11-14-25(31)26(32)15-23)28(35)19-37-18-22-9-12-24(30)13-10-22/h4-15,20,27H,3,16-19H2,1-2H3,(H,33,36)/t20-,27+/m0/s1. The number of amides is 2. The Hall–Kier alpha value is -1.99. The van der Waals surface area contributed by atoms with Crippen LogP contribution in [0.2, 0.25) is 10.0 Å². The van der Waals surface area contributed by atoms with Crippen molar-refractivity contribution in [3.63, 3.8) is 0 Å². The highest BCUT2D eigenvalue weighted by molar-refractivity contribution is 9.10. The molecule has 0 unspecified atom stereocenters. The summed E-state index contributed by atoms with van der Waals surface area (Å²) in [5, 5.41) is 3.95. The van der Waals surface area contributed by atoms with Gasteiger partial charge in [0.05, 0.1) is 15.8 Å². The van der Waals surface area contributed by atoms with Gasteiger partial charge in [0.1, 0.15) is 6.04 Å². The number of thioether (sulfide) groups is 1. The summed E-state index contributed by atoms with van der Waals surface area (Å²) in [5.41, 5.74) is 2.93. The topological polar surface area (TPSA) is 49.4 Å². The minimum absolute atomic E-state index is 0.000480. The Balaban J connectivity index is 1.87. The van der Waals surface area contributed by atoms with E-state index in [-0.39, 0.29) is 30.2 Å². The molecule has 0 radical (unpaired) electrons. The van der Waals surface area contributed by atoms with E-state index in [0.717, 1.165) is 27.6 Å². The monoisotopic (exact) mass is 620 g/mol. The van der Waals surface area contributed by atoms with Gasteiger partial charge in [-0.25, -0.2) is 0 Å². The molecule has 0 aliphatic heterocycles. The average Bonchev–Trinajstić information content (AvgIpc) is 2.89. The Morgan fingerprint density at radius 1 is 0.946 bits per heavy atom. The Morgan fingerprint density at radius 3 is 2.27 bits per heavy atom. The van der Waals surface area contributed by atoms with E-state index in [1.165, 1.54) is 11.8 Å². The van der Waals surface area contributed by atoms with Crippen molar-refractivity contribution in [3.05, 3.63) is 104 Å². The summed E-state index contributed by atoms with van der Waals surface area (Å²) in [6, 6.07) is 22.5. The van der Waals surface area contributed by atoms with Crippen molar-refractivity contribution in [1.82, 2.24) is 10.2 Å². The summed E-state index contributed by atoms with van der Waals surface area (Å²) >= 11 is 17.4. The Labute approximate surface area is 242 Å². The molecule has 3 aromatic rings. The molecule has 0 saturated heterocycles. The lowest BCUT2D eigenvalue weighted by Crippen LogP contribution is -2.52. The van der Waals surface area contributed by atoms with Crippen LogP contribution in [0, 0.1) is 0 Å². The molecule has 0 aliphatic carbocycles. The third-order valence-corrected chi connectivity index (χ3v) is 8.27. The SMILES string of the molecule is CC[C@H](C)NC(=O)[C@@H](Cc1ccccc1)N(Cc1ccc(Cl)c(Cl)c1)C(=O)CSCc1ccc(Br)cc1. The van der Waals surface area contributed by atoms with E-state index in [1.54, 1.807) is 17.0 Å². The molecule has 3 rings (SSSR count). The first kappa shape index (κ1) is 29.6. The highest BCUT2D eigenvalue weighted by Crippen LogP contribution is 2.25. The summed E-state index contributed by atoms with van der Waals surface area (Å²) in [4.78, 5) is 28.9. The molecule has 2 amide bonds. The number of benzene rings is 3. The van der Waals surface area contributed by atoms with Crippen LogP contribution in [0.1, 0.15) is 37.0 Å². The lowest BCUT2D eigenvalue weighted by molar-refractivity contribution is -0.139. The predicted molar refractivity (Wildman–Crippen MR) is 159 cm³/mol. The zero-order valence-corrected chi connectivity index (χ0v) is 24.8. The molecule has 0 aliphatic rings. The molecule has 0 fully saturated rings.